The van der Waals surface area contributed by atoms with E-state index < -0.39 is 0 Å². The van der Waals surface area contributed by atoms with Crippen molar-refractivity contribution < 1.29 is 0 Å². The lowest BCUT2D eigenvalue weighted by Crippen LogP contribution is -2.07. The maximum absolute atomic E-state index is 5.69. The van der Waals surface area contributed by atoms with Gasteiger partial charge in [0.25, 0.3) is 0 Å². The lowest BCUT2D eigenvalue weighted by molar-refractivity contribution is 0.686. The normalized spacial score (nSPS) is 15.3. The number of hydrogen-bond acceptors (Lipinski definition) is 4. The molecule has 1 fully saturated rings. The zero-order valence-electron chi connectivity index (χ0n) is 9.16. The highest BCUT2D eigenvalue weighted by atomic mass is 15.0. The summed E-state index contributed by atoms with van der Waals surface area (Å²) < 4.78 is 0. The van der Waals surface area contributed by atoms with Crippen LogP contribution in [0.4, 0.5) is 11.6 Å². The van der Waals surface area contributed by atoms with Gasteiger partial charge in [0.05, 0.1) is 0 Å². The zero-order valence-corrected chi connectivity index (χ0v) is 9.16. The van der Waals surface area contributed by atoms with Crippen molar-refractivity contribution in [2.75, 3.05) is 17.6 Å². The Morgan fingerprint density at radius 2 is 2.27 bits per heavy atom. The molecule has 1 aliphatic carbocycles. The van der Waals surface area contributed by atoms with Gasteiger partial charge in [-0.1, -0.05) is 12.8 Å². The van der Waals surface area contributed by atoms with Gasteiger partial charge in [-0.2, -0.15) is 0 Å². The summed E-state index contributed by atoms with van der Waals surface area (Å²) in [6, 6.07) is 0. The summed E-state index contributed by atoms with van der Waals surface area (Å²) in [5.74, 6) is 2.44. The number of nitrogens with two attached hydrogens (primary N) is 1. The lowest BCUT2D eigenvalue weighted by Gasteiger charge is -2.08. The monoisotopic (exact) mass is 206 g/mol. The fraction of sp³-hybridized carbons (Fsp3) is 0.636. The molecule has 0 atom stereocenters. The SMILES string of the molecule is Cc1c(N)ncnc1NCCCC1CC1. The highest BCUT2D eigenvalue weighted by Gasteiger charge is 2.19. The molecule has 0 radical (unpaired) electrons. The first-order valence-electron chi connectivity index (χ1n) is 5.58. The first-order valence-corrected chi connectivity index (χ1v) is 5.58. The second kappa shape index (κ2) is 4.47. The van der Waals surface area contributed by atoms with Gasteiger partial charge in [0.2, 0.25) is 0 Å². The van der Waals surface area contributed by atoms with Crippen LogP contribution in [0.15, 0.2) is 6.33 Å². The number of nitrogens with one attached hydrogen (secondary N) is 1. The van der Waals surface area contributed by atoms with Crippen molar-refractivity contribution in [2.45, 2.75) is 32.6 Å². The maximum atomic E-state index is 5.69. The van der Waals surface area contributed by atoms with Crippen molar-refractivity contribution in [1.29, 1.82) is 0 Å². The molecule has 15 heavy (non-hydrogen) atoms. The van der Waals surface area contributed by atoms with Crippen molar-refractivity contribution in [1.82, 2.24) is 9.97 Å². The molecular weight excluding hydrogens is 188 g/mol. The van der Waals surface area contributed by atoms with Crippen LogP contribution in [0.1, 0.15) is 31.2 Å². The first kappa shape index (κ1) is 10.2. The minimum atomic E-state index is 0.565. The molecule has 1 aliphatic rings. The highest BCUT2D eigenvalue weighted by Crippen LogP contribution is 2.33. The van der Waals surface area contributed by atoms with Crippen LogP contribution in [0.2, 0.25) is 0 Å². The van der Waals surface area contributed by atoms with Crippen molar-refractivity contribution in [2.24, 2.45) is 5.92 Å². The average Bonchev–Trinajstić information content (AvgIpc) is 3.02. The van der Waals surface area contributed by atoms with Crippen LogP contribution in [0.5, 0.6) is 0 Å². The number of nitrogens with zero attached hydrogens (tertiary/aromatic N) is 2. The van der Waals surface area contributed by atoms with E-state index in [2.05, 4.69) is 15.3 Å². The molecule has 1 saturated carbocycles. The Kier molecular flexibility index (Phi) is 3.04. The molecule has 0 aliphatic heterocycles. The van der Waals surface area contributed by atoms with E-state index in [1.54, 1.807) is 0 Å². The largest absolute Gasteiger partial charge is 0.383 e. The molecule has 1 aromatic rings. The van der Waals surface area contributed by atoms with Crippen molar-refractivity contribution >= 4 is 11.6 Å². The molecule has 1 heterocycles. The molecule has 82 valence electrons. The molecule has 0 aromatic carbocycles. The zero-order chi connectivity index (χ0) is 10.7. The second-order valence-corrected chi connectivity index (χ2v) is 4.24. The molecule has 0 unspecified atom stereocenters. The lowest BCUT2D eigenvalue weighted by atomic mass is 10.2. The van der Waals surface area contributed by atoms with Crippen molar-refractivity contribution in [3.05, 3.63) is 11.9 Å². The van der Waals surface area contributed by atoms with Crippen LogP contribution in [-0.4, -0.2) is 16.5 Å². The van der Waals surface area contributed by atoms with Crippen molar-refractivity contribution in [3.63, 3.8) is 0 Å². The van der Waals surface area contributed by atoms with E-state index in [0.717, 1.165) is 23.8 Å². The fourth-order valence-corrected chi connectivity index (χ4v) is 1.65. The molecule has 4 nitrogen and oxygen atoms in total. The number of hydrogen-bond donors (Lipinski definition) is 2. The van der Waals surface area contributed by atoms with Crippen LogP contribution >= 0.6 is 0 Å². The topological polar surface area (TPSA) is 63.8 Å². The predicted molar refractivity (Wildman–Crippen MR) is 61.6 cm³/mol. The number of nitrogen functional groups attached to an aromatic ring is 1. The first-order chi connectivity index (χ1) is 7.27. The minimum absolute atomic E-state index is 0.565. The summed E-state index contributed by atoms with van der Waals surface area (Å²) in [6.07, 6.45) is 6.92. The van der Waals surface area contributed by atoms with E-state index in [1.807, 2.05) is 6.92 Å². The van der Waals surface area contributed by atoms with Gasteiger partial charge < -0.3 is 11.1 Å². The number of anilines is 2. The Labute approximate surface area is 90.3 Å². The Bertz CT molecular complexity index is 333. The summed E-state index contributed by atoms with van der Waals surface area (Å²) in [4.78, 5) is 8.10. The Morgan fingerprint density at radius 1 is 1.47 bits per heavy atom. The van der Waals surface area contributed by atoms with Gasteiger partial charge in [-0.15, -0.1) is 0 Å². The third-order valence-electron chi connectivity index (χ3n) is 2.90. The molecule has 0 spiro atoms. The third kappa shape index (κ3) is 2.81. The van der Waals surface area contributed by atoms with E-state index in [9.17, 15) is 0 Å². The van der Waals surface area contributed by atoms with E-state index >= 15 is 0 Å². The van der Waals surface area contributed by atoms with Gasteiger partial charge in [-0.25, -0.2) is 9.97 Å². The van der Waals surface area contributed by atoms with E-state index in [4.69, 9.17) is 5.73 Å². The van der Waals surface area contributed by atoms with Gasteiger partial charge in [0.1, 0.15) is 18.0 Å². The van der Waals surface area contributed by atoms with Crippen molar-refractivity contribution in [3.8, 4) is 0 Å². The van der Waals surface area contributed by atoms with Crippen LogP contribution in [0.3, 0.4) is 0 Å². The molecule has 4 heteroatoms. The molecule has 3 N–H and O–H groups in total. The van der Waals surface area contributed by atoms with E-state index in [-0.39, 0.29) is 0 Å². The second-order valence-electron chi connectivity index (χ2n) is 4.24. The Morgan fingerprint density at radius 3 is 3.00 bits per heavy atom. The minimum Gasteiger partial charge on any atom is -0.383 e. The smallest absolute Gasteiger partial charge is 0.134 e. The summed E-state index contributed by atoms with van der Waals surface area (Å²) >= 11 is 0. The standard InChI is InChI=1S/C11H18N4/c1-8-10(12)14-7-15-11(8)13-6-2-3-9-4-5-9/h7,9H,2-6H2,1H3,(H3,12,13,14,15). The average molecular weight is 206 g/mol. The quantitative estimate of drug-likeness (QED) is 0.723. The Hall–Kier alpha value is -1.32. The summed E-state index contributed by atoms with van der Waals surface area (Å²) in [7, 11) is 0. The van der Waals surface area contributed by atoms with Gasteiger partial charge in [-0.05, 0) is 25.7 Å². The van der Waals surface area contributed by atoms with Crippen LogP contribution in [0.25, 0.3) is 0 Å². The predicted octanol–water partition coefficient (Wildman–Crippen LogP) is 1.97. The fourth-order valence-electron chi connectivity index (χ4n) is 1.65. The molecule has 1 aromatic heterocycles. The maximum Gasteiger partial charge on any atom is 0.134 e. The molecular formula is C11H18N4. The molecule has 0 amide bonds. The van der Waals surface area contributed by atoms with Crippen LogP contribution < -0.4 is 11.1 Å². The molecule has 0 saturated heterocycles. The van der Waals surface area contributed by atoms with Gasteiger partial charge in [0, 0.05) is 12.1 Å². The number of rotatable bonds is 5. The van der Waals surface area contributed by atoms with Gasteiger partial charge >= 0.3 is 0 Å². The van der Waals surface area contributed by atoms with Crippen LogP contribution in [0, 0.1) is 12.8 Å². The van der Waals surface area contributed by atoms with E-state index in [0.29, 0.717) is 5.82 Å². The van der Waals surface area contributed by atoms with Gasteiger partial charge in [-0.3, -0.25) is 0 Å². The molecule has 0 bridgehead atoms. The Balaban J connectivity index is 1.78. The summed E-state index contributed by atoms with van der Waals surface area (Å²) in [6.45, 7) is 2.92. The third-order valence-corrected chi connectivity index (χ3v) is 2.90. The van der Waals surface area contributed by atoms with Crippen LogP contribution in [-0.2, 0) is 0 Å². The van der Waals surface area contributed by atoms with Gasteiger partial charge in [0.15, 0.2) is 0 Å². The number of aromatic nitrogens is 2. The van der Waals surface area contributed by atoms with E-state index in [1.165, 1.54) is 32.0 Å². The highest BCUT2D eigenvalue weighted by molar-refractivity contribution is 5.53. The summed E-state index contributed by atoms with van der Waals surface area (Å²) in [5, 5.41) is 3.31. The molecule has 2 rings (SSSR count). The summed E-state index contributed by atoms with van der Waals surface area (Å²) in [5.41, 5.74) is 6.64.